The van der Waals surface area contributed by atoms with Crippen LogP contribution in [-0.2, 0) is 6.54 Å². The first kappa shape index (κ1) is 13.0. The van der Waals surface area contributed by atoms with E-state index in [1.165, 1.54) is 17.7 Å². The van der Waals surface area contributed by atoms with Gasteiger partial charge in [0.2, 0.25) is 0 Å². The maximum atomic E-state index is 4.37. The molecule has 0 radical (unpaired) electrons. The lowest BCUT2D eigenvalue weighted by Gasteiger charge is -2.25. The third-order valence-corrected chi connectivity index (χ3v) is 2.68. The molecule has 0 aliphatic rings. The highest BCUT2D eigenvalue weighted by molar-refractivity contribution is 5.53. The van der Waals surface area contributed by atoms with Gasteiger partial charge in [0.1, 0.15) is 0 Å². The van der Waals surface area contributed by atoms with Crippen molar-refractivity contribution < 1.29 is 0 Å². The lowest BCUT2D eigenvalue weighted by atomic mass is 10.1. The molecule has 0 aliphatic heterocycles. The number of aryl methyl sites for hydroxylation is 1. The summed E-state index contributed by atoms with van der Waals surface area (Å²) in [6.45, 7) is 9.50. The minimum atomic E-state index is 0.878. The van der Waals surface area contributed by atoms with Crippen LogP contribution in [0, 0.1) is 6.92 Å². The van der Waals surface area contributed by atoms with Gasteiger partial charge in [-0.1, -0.05) is 6.92 Å². The number of nitrogens with zero attached hydrogens (tertiary/aromatic N) is 2. The molecule has 3 nitrogen and oxygen atoms in total. The van der Waals surface area contributed by atoms with Gasteiger partial charge in [0, 0.05) is 42.8 Å². The van der Waals surface area contributed by atoms with Crippen molar-refractivity contribution in [1.29, 1.82) is 0 Å². The number of rotatable bonds is 6. The van der Waals surface area contributed by atoms with Crippen LogP contribution in [0.25, 0.3) is 0 Å². The Kier molecular flexibility index (Phi) is 5.26. The highest BCUT2D eigenvalue weighted by Crippen LogP contribution is 2.21. The summed E-state index contributed by atoms with van der Waals surface area (Å²) < 4.78 is 0. The summed E-state index contributed by atoms with van der Waals surface area (Å²) in [5.74, 6) is 0. The summed E-state index contributed by atoms with van der Waals surface area (Å²) in [4.78, 5) is 6.79. The fraction of sp³-hybridized carbons (Fsp3) is 0.615. The van der Waals surface area contributed by atoms with Crippen molar-refractivity contribution in [1.82, 2.24) is 10.3 Å². The zero-order valence-corrected chi connectivity index (χ0v) is 10.9. The van der Waals surface area contributed by atoms with E-state index in [1.54, 1.807) is 0 Å². The maximum Gasteiger partial charge on any atom is 0.0445 e. The van der Waals surface area contributed by atoms with Crippen LogP contribution in [0.5, 0.6) is 0 Å². The number of aromatic nitrogens is 1. The SMILES string of the molecule is CCCN(CC)c1cc(C)ncc1CNC. The van der Waals surface area contributed by atoms with Crippen LogP contribution >= 0.6 is 0 Å². The summed E-state index contributed by atoms with van der Waals surface area (Å²) in [5, 5.41) is 3.20. The summed E-state index contributed by atoms with van der Waals surface area (Å²) in [6, 6.07) is 2.19. The van der Waals surface area contributed by atoms with Crippen LogP contribution in [0.15, 0.2) is 12.3 Å². The first-order chi connectivity index (χ1) is 7.72. The standard InChI is InChI=1S/C13H23N3/c1-5-7-16(6-2)13-8-11(3)15-10-12(13)9-14-4/h8,10,14H,5-7,9H2,1-4H3. The van der Waals surface area contributed by atoms with Gasteiger partial charge in [0.15, 0.2) is 0 Å². The molecule has 0 saturated carbocycles. The second-order valence-electron chi connectivity index (χ2n) is 4.06. The Hall–Kier alpha value is -1.09. The first-order valence-corrected chi connectivity index (χ1v) is 6.08. The van der Waals surface area contributed by atoms with Crippen LogP contribution in [0.3, 0.4) is 0 Å². The third-order valence-electron chi connectivity index (χ3n) is 2.68. The molecule has 1 N–H and O–H groups in total. The molecule has 1 aromatic heterocycles. The molecule has 0 aliphatic carbocycles. The van der Waals surface area contributed by atoms with Crippen molar-refractivity contribution in [3.05, 3.63) is 23.5 Å². The quantitative estimate of drug-likeness (QED) is 0.799. The van der Waals surface area contributed by atoms with Crippen molar-refractivity contribution in [2.24, 2.45) is 0 Å². The van der Waals surface area contributed by atoms with Crippen LogP contribution in [0.2, 0.25) is 0 Å². The predicted molar refractivity (Wildman–Crippen MR) is 69.9 cm³/mol. The lowest BCUT2D eigenvalue weighted by Crippen LogP contribution is -2.25. The molecule has 0 aromatic carbocycles. The lowest BCUT2D eigenvalue weighted by molar-refractivity contribution is 0.762. The Morgan fingerprint density at radius 3 is 2.69 bits per heavy atom. The summed E-state index contributed by atoms with van der Waals surface area (Å²) >= 11 is 0. The number of anilines is 1. The highest BCUT2D eigenvalue weighted by atomic mass is 15.1. The van der Waals surface area contributed by atoms with E-state index in [0.717, 1.165) is 25.3 Å². The Labute approximate surface area is 98.9 Å². The summed E-state index contributed by atoms with van der Waals surface area (Å²) in [5.41, 5.74) is 3.69. The largest absolute Gasteiger partial charge is 0.371 e. The van der Waals surface area contributed by atoms with Gasteiger partial charge in [-0.05, 0) is 33.4 Å². The van der Waals surface area contributed by atoms with E-state index in [2.05, 4.69) is 35.1 Å². The average Bonchev–Trinajstić information content (AvgIpc) is 2.29. The first-order valence-electron chi connectivity index (χ1n) is 6.08. The maximum absolute atomic E-state index is 4.37. The van der Waals surface area contributed by atoms with Gasteiger partial charge < -0.3 is 10.2 Å². The van der Waals surface area contributed by atoms with Crippen LogP contribution in [0.4, 0.5) is 5.69 Å². The molecule has 0 bridgehead atoms. The Bertz CT molecular complexity index is 323. The van der Waals surface area contributed by atoms with Gasteiger partial charge in [-0.2, -0.15) is 0 Å². The van der Waals surface area contributed by atoms with Crippen molar-refractivity contribution >= 4 is 5.69 Å². The molecule has 0 fully saturated rings. The van der Waals surface area contributed by atoms with E-state index >= 15 is 0 Å². The predicted octanol–water partition coefficient (Wildman–Crippen LogP) is 2.35. The van der Waals surface area contributed by atoms with Gasteiger partial charge in [0.05, 0.1) is 0 Å². The highest BCUT2D eigenvalue weighted by Gasteiger charge is 2.09. The molecule has 0 spiro atoms. The van der Waals surface area contributed by atoms with Gasteiger partial charge in [-0.15, -0.1) is 0 Å². The van der Waals surface area contributed by atoms with Gasteiger partial charge in [-0.3, -0.25) is 4.98 Å². The molecular weight excluding hydrogens is 198 g/mol. The van der Waals surface area contributed by atoms with E-state index in [0.29, 0.717) is 0 Å². The molecular formula is C13H23N3. The molecule has 0 saturated heterocycles. The second kappa shape index (κ2) is 6.48. The molecule has 1 heterocycles. The van der Waals surface area contributed by atoms with Crippen LogP contribution in [-0.4, -0.2) is 25.1 Å². The fourth-order valence-electron chi connectivity index (χ4n) is 1.91. The Balaban J connectivity index is 3.01. The normalized spacial score (nSPS) is 10.5. The second-order valence-corrected chi connectivity index (χ2v) is 4.06. The molecule has 1 aromatic rings. The van der Waals surface area contributed by atoms with E-state index in [4.69, 9.17) is 0 Å². The number of hydrogen-bond donors (Lipinski definition) is 1. The number of pyridine rings is 1. The van der Waals surface area contributed by atoms with E-state index in [-0.39, 0.29) is 0 Å². The van der Waals surface area contributed by atoms with Crippen molar-refractivity contribution in [2.75, 3.05) is 25.0 Å². The molecule has 1 rings (SSSR count). The third kappa shape index (κ3) is 3.20. The molecule has 0 atom stereocenters. The summed E-state index contributed by atoms with van der Waals surface area (Å²) in [6.07, 6.45) is 3.16. The number of hydrogen-bond acceptors (Lipinski definition) is 3. The zero-order chi connectivity index (χ0) is 12.0. The van der Waals surface area contributed by atoms with Gasteiger partial charge in [-0.25, -0.2) is 0 Å². The Morgan fingerprint density at radius 1 is 1.38 bits per heavy atom. The fourth-order valence-corrected chi connectivity index (χ4v) is 1.91. The molecule has 0 unspecified atom stereocenters. The van der Waals surface area contributed by atoms with Crippen molar-refractivity contribution in [2.45, 2.75) is 33.7 Å². The monoisotopic (exact) mass is 221 g/mol. The Morgan fingerprint density at radius 2 is 2.12 bits per heavy atom. The molecule has 16 heavy (non-hydrogen) atoms. The topological polar surface area (TPSA) is 28.2 Å². The molecule has 90 valence electrons. The zero-order valence-electron chi connectivity index (χ0n) is 10.9. The minimum Gasteiger partial charge on any atom is -0.371 e. The minimum absolute atomic E-state index is 0.878. The van der Waals surface area contributed by atoms with E-state index in [9.17, 15) is 0 Å². The number of nitrogens with one attached hydrogen (secondary N) is 1. The van der Waals surface area contributed by atoms with Gasteiger partial charge >= 0.3 is 0 Å². The smallest absolute Gasteiger partial charge is 0.0445 e. The molecule has 0 amide bonds. The van der Waals surface area contributed by atoms with Crippen LogP contribution < -0.4 is 10.2 Å². The average molecular weight is 221 g/mol. The van der Waals surface area contributed by atoms with Crippen LogP contribution in [0.1, 0.15) is 31.5 Å². The van der Waals surface area contributed by atoms with Gasteiger partial charge in [0.25, 0.3) is 0 Å². The van der Waals surface area contributed by atoms with E-state index in [1.807, 2.05) is 20.2 Å². The van der Waals surface area contributed by atoms with Crippen molar-refractivity contribution in [3.63, 3.8) is 0 Å². The molecule has 3 heteroatoms. The summed E-state index contributed by atoms with van der Waals surface area (Å²) in [7, 11) is 1.97. The van der Waals surface area contributed by atoms with Crippen molar-refractivity contribution in [3.8, 4) is 0 Å². The van der Waals surface area contributed by atoms with E-state index < -0.39 is 0 Å².